The molecule has 0 aromatic heterocycles. The van der Waals surface area contributed by atoms with Crippen LogP contribution >= 0.6 is 11.8 Å². The van der Waals surface area contributed by atoms with Crippen molar-refractivity contribution in [3.8, 4) is 0 Å². The zero-order valence-corrected chi connectivity index (χ0v) is 11.0. The lowest BCUT2D eigenvalue weighted by molar-refractivity contribution is -0.385. The van der Waals surface area contributed by atoms with E-state index in [1.807, 2.05) is 0 Å². The first kappa shape index (κ1) is 15.4. The molecule has 0 bridgehead atoms. The standard InChI is InChI=1S/C11H14N2O5S/c1-7(15)12-8-2-9(13(17)18)4-11(3-8)19-6-10(16)5-14/h2-4,10,14,16H,5-6H2,1H3,(H,12,15). The first-order valence-electron chi connectivity index (χ1n) is 5.41. The Morgan fingerprint density at radius 1 is 1.53 bits per heavy atom. The van der Waals surface area contributed by atoms with E-state index in [4.69, 9.17) is 5.11 Å². The number of benzene rings is 1. The van der Waals surface area contributed by atoms with Gasteiger partial charge in [-0.3, -0.25) is 14.9 Å². The van der Waals surface area contributed by atoms with Crippen molar-refractivity contribution < 1.29 is 19.9 Å². The van der Waals surface area contributed by atoms with E-state index in [1.165, 1.54) is 19.1 Å². The molecule has 0 spiro atoms. The van der Waals surface area contributed by atoms with E-state index in [-0.39, 0.29) is 24.0 Å². The monoisotopic (exact) mass is 286 g/mol. The number of rotatable bonds is 6. The number of carbonyl (C=O) groups is 1. The number of carbonyl (C=O) groups excluding carboxylic acids is 1. The molecule has 0 saturated carbocycles. The molecule has 0 aliphatic carbocycles. The molecule has 1 rings (SSSR count). The summed E-state index contributed by atoms with van der Waals surface area (Å²) in [5.41, 5.74) is 0.176. The van der Waals surface area contributed by atoms with Crippen molar-refractivity contribution in [1.29, 1.82) is 0 Å². The van der Waals surface area contributed by atoms with Crippen molar-refractivity contribution >= 4 is 29.0 Å². The molecule has 7 nitrogen and oxygen atoms in total. The maximum Gasteiger partial charge on any atom is 0.272 e. The Morgan fingerprint density at radius 3 is 2.74 bits per heavy atom. The number of aliphatic hydroxyl groups is 2. The zero-order chi connectivity index (χ0) is 14.4. The van der Waals surface area contributed by atoms with Crippen LogP contribution < -0.4 is 5.32 Å². The molecule has 19 heavy (non-hydrogen) atoms. The minimum absolute atomic E-state index is 0.146. The lowest BCUT2D eigenvalue weighted by atomic mass is 10.3. The minimum Gasteiger partial charge on any atom is -0.394 e. The number of nitrogens with one attached hydrogen (secondary N) is 1. The number of nitro benzene ring substituents is 1. The fourth-order valence-corrected chi connectivity index (χ4v) is 2.20. The first-order chi connectivity index (χ1) is 8.92. The highest BCUT2D eigenvalue weighted by atomic mass is 32.2. The molecule has 0 saturated heterocycles. The van der Waals surface area contributed by atoms with Gasteiger partial charge in [-0.1, -0.05) is 0 Å². The van der Waals surface area contributed by atoms with Crippen LogP contribution in [-0.2, 0) is 4.79 Å². The SMILES string of the molecule is CC(=O)Nc1cc(SCC(O)CO)cc([N+](=O)[O-])c1. The second-order valence-corrected chi connectivity index (χ2v) is 4.89. The largest absolute Gasteiger partial charge is 0.394 e. The molecule has 0 aliphatic rings. The molecule has 1 unspecified atom stereocenters. The molecule has 0 aliphatic heterocycles. The third-order valence-corrected chi connectivity index (χ3v) is 3.20. The van der Waals surface area contributed by atoms with Gasteiger partial charge in [-0.2, -0.15) is 0 Å². The Bertz CT molecular complexity index is 480. The Kier molecular flexibility index (Phi) is 5.74. The molecule has 0 heterocycles. The maximum atomic E-state index is 11.0. The Morgan fingerprint density at radius 2 is 2.21 bits per heavy atom. The summed E-state index contributed by atoms with van der Waals surface area (Å²) >= 11 is 1.16. The van der Waals surface area contributed by atoms with Crippen molar-refractivity contribution in [3.63, 3.8) is 0 Å². The average Bonchev–Trinajstić information content (AvgIpc) is 2.34. The average molecular weight is 286 g/mol. The van der Waals surface area contributed by atoms with Crippen molar-refractivity contribution in [3.05, 3.63) is 28.3 Å². The Hall–Kier alpha value is -1.64. The number of nitrogens with zero attached hydrogens (tertiary/aromatic N) is 1. The highest BCUT2D eigenvalue weighted by Crippen LogP contribution is 2.28. The van der Waals surface area contributed by atoms with Gasteiger partial charge in [-0.25, -0.2) is 0 Å². The molecule has 1 aromatic rings. The normalized spacial score (nSPS) is 11.9. The summed E-state index contributed by atoms with van der Waals surface area (Å²) in [6.07, 6.45) is -0.895. The van der Waals surface area contributed by atoms with Crippen LogP contribution in [0.4, 0.5) is 11.4 Å². The van der Waals surface area contributed by atoms with E-state index < -0.39 is 11.0 Å². The van der Waals surface area contributed by atoms with Crippen molar-refractivity contribution in [2.45, 2.75) is 17.9 Å². The molecular weight excluding hydrogens is 272 g/mol. The number of amides is 1. The van der Waals surface area contributed by atoms with E-state index in [0.29, 0.717) is 10.6 Å². The van der Waals surface area contributed by atoms with Gasteiger partial charge < -0.3 is 15.5 Å². The number of nitro groups is 1. The second-order valence-electron chi connectivity index (χ2n) is 3.80. The molecule has 1 aromatic carbocycles. The van der Waals surface area contributed by atoms with Gasteiger partial charge in [0.2, 0.25) is 5.91 Å². The van der Waals surface area contributed by atoms with Crippen LogP contribution in [0.25, 0.3) is 0 Å². The molecule has 104 valence electrons. The van der Waals surface area contributed by atoms with Crippen LogP contribution in [0.5, 0.6) is 0 Å². The van der Waals surface area contributed by atoms with Gasteiger partial charge in [0, 0.05) is 35.4 Å². The molecule has 8 heteroatoms. The predicted molar refractivity (Wildman–Crippen MR) is 71.2 cm³/mol. The van der Waals surface area contributed by atoms with Crippen LogP contribution in [-0.4, -0.2) is 39.5 Å². The second kappa shape index (κ2) is 7.07. The summed E-state index contributed by atoms with van der Waals surface area (Å²) in [4.78, 5) is 21.7. The summed E-state index contributed by atoms with van der Waals surface area (Å²) in [6, 6.07) is 4.18. The van der Waals surface area contributed by atoms with Crippen LogP contribution in [0, 0.1) is 10.1 Å². The van der Waals surface area contributed by atoms with Crippen molar-refractivity contribution in [2.75, 3.05) is 17.7 Å². The van der Waals surface area contributed by atoms with E-state index in [2.05, 4.69) is 5.32 Å². The molecular formula is C11H14N2O5S. The topological polar surface area (TPSA) is 113 Å². The summed E-state index contributed by atoms with van der Waals surface area (Å²) in [5.74, 6) is -0.121. The van der Waals surface area contributed by atoms with Gasteiger partial charge in [-0.05, 0) is 6.07 Å². The number of thioether (sulfide) groups is 1. The number of hydrogen-bond donors (Lipinski definition) is 3. The van der Waals surface area contributed by atoms with Crippen LogP contribution in [0.3, 0.4) is 0 Å². The van der Waals surface area contributed by atoms with E-state index in [0.717, 1.165) is 11.8 Å². The van der Waals surface area contributed by atoms with Gasteiger partial charge in [-0.15, -0.1) is 11.8 Å². The van der Waals surface area contributed by atoms with Crippen LogP contribution in [0.1, 0.15) is 6.92 Å². The molecule has 1 atom stereocenters. The van der Waals surface area contributed by atoms with Gasteiger partial charge >= 0.3 is 0 Å². The molecule has 1 amide bonds. The quantitative estimate of drug-likeness (QED) is 0.408. The smallest absolute Gasteiger partial charge is 0.272 e. The lowest BCUT2D eigenvalue weighted by Crippen LogP contribution is -2.14. The van der Waals surface area contributed by atoms with E-state index in [9.17, 15) is 20.0 Å². The van der Waals surface area contributed by atoms with Crippen molar-refractivity contribution in [2.24, 2.45) is 0 Å². The van der Waals surface area contributed by atoms with E-state index >= 15 is 0 Å². The van der Waals surface area contributed by atoms with Crippen molar-refractivity contribution in [1.82, 2.24) is 0 Å². The number of hydrogen-bond acceptors (Lipinski definition) is 6. The highest BCUT2D eigenvalue weighted by Gasteiger charge is 2.12. The number of anilines is 1. The van der Waals surface area contributed by atoms with Gasteiger partial charge in [0.1, 0.15) is 0 Å². The minimum atomic E-state index is -0.895. The summed E-state index contributed by atoms with van der Waals surface area (Å²) in [5, 5.41) is 31.2. The predicted octanol–water partition coefficient (Wildman–Crippen LogP) is 0.998. The highest BCUT2D eigenvalue weighted by molar-refractivity contribution is 7.99. The fourth-order valence-electron chi connectivity index (χ4n) is 1.29. The maximum absolute atomic E-state index is 11.0. The summed E-state index contributed by atoms with van der Waals surface area (Å²) in [7, 11) is 0. The fraction of sp³-hybridized carbons (Fsp3) is 0.364. The molecule has 0 radical (unpaired) electrons. The van der Waals surface area contributed by atoms with Gasteiger partial charge in [0.25, 0.3) is 5.69 Å². The summed E-state index contributed by atoms with van der Waals surface area (Å²) < 4.78 is 0. The molecule has 3 N–H and O–H groups in total. The lowest BCUT2D eigenvalue weighted by Gasteiger charge is -2.08. The molecule has 0 fully saturated rings. The van der Waals surface area contributed by atoms with Gasteiger partial charge in [0.05, 0.1) is 17.6 Å². The van der Waals surface area contributed by atoms with Gasteiger partial charge in [0.15, 0.2) is 0 Å². The Balaban J connectivity index is 2.92. The third kappa shape index (κ3) is 5.25. The van der Waals surface area contributed by atoms with Crippen LogP contribution in [0.15, 0.2) is 23.1 Å². The van der Waals surface area contributed by atoms with E-state index in [1.54, 1.807) is 6.07 Å². The number of aliphatic hydroxyl groups excluding tert-OH is 2. The number of non-ortho nitro benzene ring substituents is 1. The third-order valence-electron chi connectivity index (χ3n) is 2.08. The van der Waals surface area contributed by atoms with Crippen LogP contribution in [0.2, 0.25) is 0 Å². The summed E-state index contributed by atoms with van der Waals surface area (Å²) in [6.45, 7) is 0.932. The zero-order valence-electron chi connectivity index (χ0n) is 10.2. The Labute approximate surface area is 113 Å². The first-order valence-corrected chi connectivity index (χ1v) is 6.39.